The molecule has 0 spiro atoms. The number of rotatable bonds is 4. The van der Waals surface area contributed by atoms with Gasteiger partial charge in [0.1, 0.15) is 1.37 Å². The maximum absolute atomic E-state index is 10.1. The maximum Gasteiger partial charge on any atom is 0.303 e. The molecular weight excluding hydrogens is 138 g/mol. The van der Waals surface area contributed by atoms with Gasteiger partial charge < -0.3 is 5.11 Å². The summed E-state index contributed by atoms with van der Waals surface area (Å²) >= 11 is 0. The summed E-state index contributed by atoms with van der Waals surface area (Å²) in [5.41, 5.74) is 0. The summed E-state index contributed by atoms with van der Waals surface area (Å²) < 4.78 is 7.01. The van der Waals surface area contributed by atoms with Crippen molar-refractivity contribution in [1.29, 1.82) is 0 Å². The highest BCUT2D eigenvalue weighted by Crippen LogP contribution is 1.98. The lowest BCUT2D eigenvalue weighted by atomic mass is 10.2. The van der Waals surface area contributed by atoms with Crippen LogP contribution in [0.15, 0.2) is 0 Å². The number of carbonyl (C=O) groups is 1. The predicted octanol–water partition coefficient (Wildman–Crippen LogP) is 0.516. The zero-order valence-electron chi connectivity index (χ0n) is 6.53. The van der Waals surface area contributed by atoms with E-state index in [0.717, 1.165) is 6.92 Å². The van der Waals surface area contributed by atoms with Gasteiger partial charge in [0.25, 0.3) is 0 Å². The third-order valence-electron chi connectivity index (χ3n) is 1.01. The summed E-state index contributed by atoms with van der Waals surface area (Å²) in [4.78, 5) is 19.2. The molecule has 0 saturated carbocycles. The lowest BCUT2D eigenvalue weighted by Gasteiger charge is -1.98. The Labute approximate surface area is 59.2 Å². The largest absolute Gasteiger partial charge is 0.481 e. The van der Waals surface area contributed by atoms with Gasteiger partial charge in [0.2, 0.25) is 6.02 Å². The highest BCUT2D eigenvalue weighted by molar-refractivity contribution is 5.66. The number of nitrogens with zero attached hydrogens (tertiary/aromatic N) is 1. The van der Waals surface area contributed by atoms with E-state index >= 15 is 0 Å². The fourth-order valence-electron chi connectivity index (χ4n) is 0.379. The lowest BCUT2D eigenvalue weighted by Crippen LogP contribution is -2.16. The van der Waals surface area contributed by atoms with E-state index in [0.29, 0.717) is 0 Å². The molecular formula is C5H9NO4. The van der Waals surface area contributed by atoms with Crippen molar-refractivity contribution in [2.75, 3.05) is 0 Å². The smallest absolute Gasteiger partial charge is 0.303 e. The molecule has 0 fully saturated rings. The average Bonchev–Trinajstić information content (AvgIpc) is 1.84. The van der Waals surface area contributed by atoms with Crippen LogP contribution >= 0.6 is 0 Å². The minimum Gasteiger partial charge on any atom is -0.481 e. The minimum atomic E-state index is -1.88. The van der Waals surface area contributed by atoms with Gasteiger partial charge in [-0.2, -0.15) is 0 Å². The van der Waals surface area contributed by atoms with Gasteiger partial charge in [0.15, 0.2) is 0 Å². The maximum atomic E-state index is 10.1. The Kier molecular flexibility index (Phi) is 2.66. The highest BCUT2D eigenvalue weighted by atomic mass is 16.6. The van der Waals surface area contributed by atoms with Crippen molar-refractivity contribution in [3.63, 3.8) is 0 Å². The zero-order valence-corrected chi connectivity index (χ0v) is 5.53. The predicted molar refractivity (Wildman–Crippen MR) is 33.3 cm³/mol. The molecule has 1 N–H and O–H groups in total. The molecule has 0 aromatic rings. The van der Waals surface area contributed by atoms with E-state index in [1.165, 1.54) is 0 Å². The molecule has 0 saturated heterocycles. The summed E-state index contributed by atoms with van der Waals surface area (Å²) in [6.07, 6.45) is -0.615. The third-order valence-corrected chi connectivity index (χ3v) is 1.01. The number of aliphatic carboxylic acids is 1. The lowest BCUT2D eigenvalue weighted by molar-refractivity contribution is -0.518. The van der Waals surface area contributed by atoms with Gasteiger partial charge in [0.05, 0.1) is 6.42 Å². The summed E-state index contributed by atoms with van der Waals surface area (Å²) in [5, 5.41) is 18.2. The van der Waals surface area contributed by atoms with Crippen molar-refractivity contribution >= 4 is 5.97 Å². The molecule has 5 nitrogen and oxygen atoms in total. The Morgan fingerprint density at radius 1 is 2.00 bits per heavy atom. The molecule has 0 aliphatic carbocycles. The second kappa shape index (κ2) is 3.81. The van der Waals surface area contributed by atoms with Gasteiger partial charge in [0, 0.05) is 18.3 Å². The van der Waals surface area contributed by atoms with Gasteiger partial charge >= 0.3 is 5.97 Å². The first-order valence-corrected chi connectivity index (χ1v) is 2.72. The van der Waals surface area contributed by atoms with E-state index in [4.69, 9.17) is 6.48 Å². The monoisotopic (exact) mass is 148 g/mol. The van der Waals surface area contributed by atoms with Crippen LogP contribution in [-0.2, 0) is 4.79 Å². The third kappa shape index (κ3) is 3.82. The van der Waals surface area contributed by atoms with Gasteiger partial charge in [-0.15, -0.1) is 0 Å². The van der Waals surface area contributed by atoms with Crippen molar-refractivity contribution < 1.29 is 16.2 Å². The molecule has 0 aliphatic rings. The number of hydrogen-bond acceptors (Lipinski definition) is 3. The van der Waals surface area contributed by atoms with E-state index in [2.05, 4.69) is 0 Å². The molecule has 5 heteroatoms. The van der Waals surface area contributed by atoms with Crippen LogP contribution in [0.1, 0.15) is 21.1 Å². The molecule has 58 valence electrons. The Morgan fingerprint density at radius 3 is 2.80 bits per heavy atom. The molecule has 10 heavy (non-hydrogen) atoms. The number of carboxylic acids is 1. The average molecular weight is 148 g/mol. The first-order valence-electron chi connectivity index (χ1n) is 3.22. The molecule has 0 amide bonds. The van der Waals surface area contributed by atoms with Crippen LogP contribution in [0.3, 0.4) is 0 Å². The SMILES string of the molecule is [2H]C(C)(CCC(=O)O)[N+](=O)[O-]. The summed E-state index contributed by atoms with van der Waals surface area (Å²) in [6, 6.07) is -1.88. The Hall–Kier alpha value is -1.13. The molecule has 0 rings (SSSR count). The molecule has 0 aliphatic heterocycles. The van der Waals surface area contributed by atoms with E-state index in [1.54, 1.807) is 0 Å². The first kappa shape index (κ1) is 6.98. The molecule has 0 aromatic heterocycles. The molecule has 1 atom stereocenters. The van der Waals surface area contributed by atoms with Crippen molar-refractivity contribution in [1.82, 2.24) is 0 Å². The van der Waals surface area contributed by atoms with E-state index in [1.807, 2.05) is 0 Å². The molecule has 1 unspecified atom stereocenters. The Bertz CT molecular complexity index is 179. The quantitative estimate of drug-likeness (QED) is 0.465. The van der Waals surface area contributed by atoms with Crippen molar-refractivity contribution in [3.8, 4) is 0 Å². The fraction of sp³-hybridized carbons (Fsp3) is 0.800. The van der Waals surface area contributed by atoms with Crippen LogP contribution in [0.5, 0.6) is 0 Å². The van der Waals surface area contributed by atoms with Gasteiger partial charge in [-0.3, -0.25) is 14.9 Å². The number of carboxylic acid groups (broad SMARTS) is 1. The summed E-state index contributed by atoms with van der Waals surface area (Å²) in [5.74, 6) is -1.12. The fourth-order valence-corrected chi connectivity index (χ4v) is 0.379. The topological polar surface area (TPSA) is 80.4 Å². The minimum absolute atomic E-state index is 0.269. The van der Waals surface area contributed by atoms with Gasteiger partial charge in [-0.05, 0) is 0 Å². The molecule has 0 aromatic carbocycles. The summed E-state index contributed by atoms with van der Waals surface area (Å²) in [6.45, 7) is 1.08. The molecule has 0 heterocycles. The van der Waals surface area contributed by atoms with Crippen molar-refractivity contribution in [3.05, 3.63) is 10.1 Å². The summed E-state index contributed by atoms with van der Waals surface area (Å²) in [7, 11) is 0. The Balaban J connectivity index is 3.92. The number of nitro groups is 1. The second-order valence-corrected chi connectivity index (χ2v) is 1.89. The van der Waals surface area contributed by atoms with E-state index < -0.39 is 16.9 Å². The van der Waals surface area contributed by atoms with E-state index in [-0.39, 0.29) is 12.8 Å². The van der Waals surface area contributed by atoms with Crippen molar-refractivity contribution in [2.45, 2.75) is 25.8 Å². The van der Waals surface area contributed by atoms with Gasteiger partial charge in [-0.1, -0.05) is 0 Å². The first-order chi connectivity index (χ1) is 4.86. The van der Waals surface area contributed by atoms with Crippen molar-refractivity contribution in [2.24, 2.45) is 0 Å². The Morgan fingerprint density at radius 2 is 2.50 bits per heavy atom. The van der Waals surface area contributed by atoms with Crippen LogP contribution in [0.2, 0.25) is 0 Å². The normalized spacial score (nSPS) is 17.1. The van der Waals surface area contributed by atoms with Crippen LogP contribution in [-0.4, -0.2) is 22.0 Å². The van der Waals surface area contributed by atoms with Crippen LogP contribution in [0, 0.1) is 10.1 Å². The zero-order chi connectivity index (χ0) is 9.07. The van der Waals surface area contributed by atoms with Crippen LogP contribution < -0.4 is 0 Å². The standard InChI is InChI=1S/C5H9NO4/c1-4(6(9)10)2-3-5(7)8/h4H,2-3H2,1H3,(H,7,8)/i4D. The molecule has 0 bridgehead atoms. The molecule has 0 radical (unpaired) electrons. The highest BCUT2D eigenvalue weighted by Gasteiger charge is 2.13. The van der Waals surface area contributed by atoms with Crippen LogP contribution in [0.25, 0.3) is 0 Å². The van der Waals surface area contributed by atoms with Gasteiger partial charge in [-0.25, -0.2) is 0 Å². The number of hydrogen-bond donors (Lipinski definition) is 1. The van der Waals surface area contributed by atoms with E-state index in [9.17, 15) is 14.9 Å². The second-order valence-electron chi connectivity index (χ2n) is 1.89. The van der Waals surface area contributed by atoms with Crippen LogP contribution in [0.4, 0.5) is 0 Å².